The molecule has 0 amide bonds. The first-order valence-electron chi connectivity index (χ1n) is 11.2. The van der Waals surface area contributed by atoms with Crippen molar-refractivity contribution >= 4 is 11.1 Å². The molecular formula is C30H24O4. The lowest BCUT2D eigenvalue weighted by molar-refractivity contribution is 0.147. The molecule has 0 aliphatic heterocycles. The smallest absolute Gasteiger partial charge is 0.142 e. The van der Waals surface area contributed by atoms with Crippen LogP contribution >= 0.6 is 0 Å². The lowest BCUT2D eigenvalue weighted by atomic mass is 9.78. The average molecular weight is 449 g/mol. The molecule has 2 N–H and O–H groups in total. The van der Waals surface area contributed by atoms with Crippen molar-refractivity contribution in [3.05, 3.63) is 130 Å². The van der Waals surface area contributed by atoms with E-state index in [0.717, 1.165) is 22.3 Å². The third-order valence-corrected chi connectivity index (χ3v) is 7.13. The van der Waals surface area contributed by atoms with E-state index in [0.29, 0.717) is 33.8 Å². The van der Waals surface area contributed by atoms with Crippen molar-refractivity contribution in [2.75, 3.05) is 14.2 Å². The van der Waals surface area contributed by atoms with Crippen LogP contribution in [0, 0.1) is 0 Å². The minimum Gasteiger partial charge on any atom is -0.497 e. The summed E-state index contributed by atoms with van der Waals surface area (Å²) in [6.45, 7) is 0. The summed E-state index contributed by atoms with van der Waals surface area (Å²) in [5, 5.41) is 25.2. The average Bonchev–Trinajstić information content (AvgIpc) is 3.33. The van der Waals surface area contributed by atoms with Gasteiger partial charge < -0.3 is 19.7 Å². The van der Waals surface area contributed by atoms with Gasteiger partial charge in [0.2, 0.25) is 0 Å². The lowest BCUT2D eigenvalue weighted by Crippen LogP contribution is -2.28. The Balaban J connectivity index is 1.77. The van der Waals surface area contributed by atoms with Crippen molar-refractivity contribution in [3.63, 3.8) is 0 Å². The molecule has 0 unspecified atom stereocenters. The van der Waals surface area contributed by atoms with Gasteiger partial charge in [-0.1, -0.05) is 72.8 Å². The molecule has 0 saturated heterocycles. The van der Waals surface area contributed by atoms with Gasteiger partial charge in [-0.3, -0.25) is 0 Å². The van der Waals surface area contributed by atoms with Crippen LogP contribution in [0.25, 0.3) is 11.1 Å². The van der Waals surface area contributed by atoms with E-state index in [4.69, 9.17) is 9.47 Å². The fourth-order valence-corrected chi connectivity index (χ4v) is 5.59. The largest absolute Gasteiger partial charge is 0.497 e. The molecule has 168 valence electrons. The first-order chi connectivity index (χ1) is 16.5. The highest BCUT2D eigenvalue weighted by molar-refractivity contribution is 6.11. The molecule has 0 radical (unpaired) electrons. The molecular weight excluding hydrogens is 424 g/mol. The van der Waals surface area contributed by atoms with Crippen molar-refractivity contribution in [2.45, 2.75) is 11.2 Å². The molecule has 0 fully saturated rings. The van der Waals surface area contributed by atoms with Crippen LogP contribution in [0.4, 0.5) is 0 Å². The van der Waals surface area contributed by atoms with Crippen LogP contribution in [0.5, 0.6) is 11.5 Å². The van der Waals surface area contributed by atoms with E-state index < -0.39 is 11.2 Å². The maximum Gasteiger partial charge on any atom is 0.142 e. The summed E-state index contributed by atoms with van der Waals surface area (Å²) in [7, 11) is 3.24. The summed E-state index contributed by atoms with van der Waals surface area (Å²) >= 11 is 0. The molecule has 2 aliphatic carbocycles. The lowest BCUT2D eigenvalue weighted by Gasteiger charge is -2.31. The van der Waals surface area contributed by atoms with E-state index in [1.54, 1.807) is 14.2 Å². The third kappa shape index (κ3) is 2.55. The van der Waals surface area contributed by atoms with E-state index in [-0.39, 0.29) is 0 Å². The molecule has 4 nitrogen and oxygen atoms in total. The SMILES string of the molecule is COc1ccc2c(c1)C1=C(c3cc(OC)ccc3[C@@]1(O)c1ccccc1)[C@]2(O)c1ccccc1. The molecule has 4 aromatic carbocycles. The Labute approximate surface area is 198 Å². The fraction of sp³-hybridized carbons (Fsp3) is 0.133. The Kier molecular flexibility index (Phi) is 4.46. The number of aliphatic hydroxyl groups is 2. The van der Waals surface area contributed by atoms with E-state index in [1.165, 1.54) is 0 Å². The number of methoxy groups -OCH3 is 2. The minimum atomic E-state index is -1.46. The van der Waals surface area contributed by atoms with Gasteiger partial charge in [0.1, 0.15) is 22.7 Å². The highest BCUT2D eigenvalue weighted by Crippen LogP contribution is 2.65. The van der Waals surface area contributed by atoms with E-state index >= 15 is 0 Å². The molecule has 4 heteroatoms. The van der Waals surface area contributed by atoms with Crippen molar-refractivity contribution in [2.24, 2.45) is 0 Å². The molecule has 0 aromatic heterocycles. The summed E-state index contributed by atoms with van der Waals surface area (Å²) in [6.07, 6.45) is 0. The van der Waals surface area contributed by atoms with Gasteiger partial charge in [-0.15, -0.1) is 0 Å². The standard InChI is InChI=1S/C30H24O4/c1-33-21-13-15-25-23(17-21)27-28(29(25,31)19-9-5-3-6-10-19)24-18-22(34-2)14-16-26(24)30(27,32)20-11-7-4-8-12-20/h3-18,31-32H,1-2H3/t29-,30-/m0/s1. The van der Waals surface area contributed by atoms with Crippen molar-refractivity contribution in [1.29, 1.82) is 0 Å². The maximum absolute atomic E-state index is 12.6. The van der Waals surface area contributed by atoms with Gasteiger partial charge in [-0.25, -0.2) is 0 Å². The number of fused-ring (bicyclic) bond motifs is 4. The van der Waals surface area contributed by atoms with Gasteiger partial charge in [0.25, 0.3) is 0 Å². The van der Waals surface area contributed by atoms with Crippen LogP contribution in [0.15, 0.2) is 97.1 Å². The maximum atomic E-state index is 12.6. The van der Waals surface area contributed by atoms with E-state index in [1.807, 2.05) is 97.1 Å². The second-order valence-corrected chi connectivity index (χ2v) is 8.73. The summed E-state index contributed by atoms with van der Waals surface area (Å²) in [6, 6.07) is 30.5. The van der Waals surface area contributed by atoms with Crippen LogP contribution in [0.3, 0.4) is 0 Å². The van der Waals surface area contributed by atoms with Crippen LogP contribution in [0.1, 0.15) is 33.4 Å². The highest BCUT2D eigenvalue weighted by atomic mass is 16.5. The summed E-state index contributed by atoms with van der Waals surface area (Å²) in [4.78, 5) is 0. The fourth-order valence-electron chi connectivity index (χ4n) is 5.59. The van der Waals surface area contributed by atoms with Gasteiger partial charge >= 0.3 is 0 Å². The molecule has 0 bridgehead atoms. The Hall–Kier alpha value is -3.86. The van der Waals surface area contributed by atoms with Crippen LogP contribution in [-0.2, 0) is 11.2 Å². The van der Waals surface area contributed by atoms with Crippen LogP contribution in [0.2, 0.25) is 0 Å². The molecule has 2 atom stereocenters. The molecule has 0 spiro atoms. The number of benzene rings is 4. The summed E-state index contributed by atoms with van der Waals surface area (Å²) < 4.78 is 11.1. The monoisotopic (exact) mass is 448 g/mol. The Bertz CT molecular complexity index is 1330. The number of hydrogen-bond acceptors (Lipinski definition) is 4. The predicted octanol–water partition coefficient (Wildman–Crippen LogP) is 5.11. The zero-order valence-corrected chi connectivity index (χ0v) is 18.9. The topological polar surface area (TPSA) is 58.9 Å². The molecule has 2 aliphatic rings. The van der Waals surface area contributed by atoms with Gasteiger partial charge in [0, 0.05) is 22.3 Å². The minimum absolute atomic E-state index is 0.659. The molecule has 34 heavy (non-hydrogen) atoms. The Morgan fingerprint density at radius 2 is 0.912 bits per heavy atom. The molecule has 4 aromatic rings. The zero-order chi connectivity index (χ0) is 23.5. The Morgan fingerprint density at radius 3 is 1.26 bits per heavy atom. The summed E-state index contributed by atoms with van der Waals surface area (Å²) in [5.41, 5.74) is 2.85. The first kappa shape index (κ1) is 20.7. The van der Waals surface area contributed by atoms with Crippen molar-refractivity contribution in [1.82, 2.24) is 0 Å². The number of ether oxygens (including phenoxy) is 2. The Morgan fingerprint density at radius 1 is 0.529 bits per heavy atom. The van der Waals surface area contributed by atoms with Crippen LogP contribution < -0.4 is 9.47 Å². The van der Waals surface area contributed by atoms with Crippen molar-refractivity contribution < 1.29 is 19.7 Å². The van der Waals surface area contributed by atoms with Crippen molar-refractivity contribution in [3.8, 4) is 11.5 Å². The van der Waals surface area contributed by atoms with E-state index in [9.17, 15) is 10.2 Å². The second-order valence-electron chi connectivity index (χ2n) is 8.73. The molecule has 6 rings (SSSR count). The number of hydrogen-bond donors (Lipinski definition) is 2. The number of rotatable bonds is 4. The quantitative estimate of drug-likeness (QED) is 0.455. The van der Waals surface area contributed by atoms with Gasteiger partial charge in [0.15, 0.2) is 0 Å². The van der Waals surface area contributed by atoms with Gasteiger partial charge in [-0.2, -0.15) is 0 Å². The summed E-state index contributed by atoms with van der Waals surface area (Å²) in [5.74, 6) is 1.32. The third-order valence-electron chi connectivity index (χ3n) is 7.13. The van der Waals surface area contributed by atoms with Gasteiger partial charge in [0.05, 0.1) is 14.2 Å². The second kappa shape index (κ2) is 7.32. The van der Waals surface area contributed by atoms with Gasteiger partial charge in [-0.05, 0) is 46.5 Å². The molecule has 0 heterocycles. The van der Waals surface area contributed by atoms with E-state index in [2.05, 4.69) is 0 Å². The first-order valence-corrected chi connectivity index (χ1v) is 11.2. The zero-order valence-electron chi connectivity index (χ0n) is 18.9. The van der Waals surface area contributed by atoms with Crippen LogP contribution in [-0.4, -0.2) is 24.4 Å². The highest BCUT2D eigenvalue weighted by Gasteiger charge is 2.57. The predicted molar refractivity (Wildman–Crippen MR) is 132 cm³/mol. The normalized spacial score (nSPS) is 22.2. The molecule has 0 saturated carbocycles.